The van der Waals surface area contributed by atoms with Crippen LogP contribution in [-0.4, -0.2) is 22.0 Å². The van der Waals surface area contributed by atoms with Gasteiger partial charge < -0.3 is 0 Å². The van der Waals surface area contributed by atoms with E-state index in [2.05, 4.69) is 9.44 Å². The number of nitrogens with zero attached hydrogens (tertiary/aromatic N) is 1. The standard InChI is InChI=1S/C5H11N3O2S/c1-5(3-6)4-8-11(9,10)7-2/h5,7-8H,4H2,1-2H3. The fourth-order valence-electron chi connectivity index (χ4n) is 0.353. The monoisotopic (exact) mass is 177 g/mol. The highest BCUT2D eigenvalue weighted by Gasteiger charge is 2.07. The maximum atomic E-state index is 10.7. The zero-order valence-corrected chi connectivity index (χ0v) is 7.27. The molecule has 0 saturated heterocycles. The second-order valence-electron chi connectivity index (χ2n) is 2.09. The van der Waals surface area contributed by atoms with Gasteiger partial charge in [0.2, 0.25) is 0 Å². The van der Waals surface area contributed by atoms with Gasteiger partial charge in [0.15, 0.2) is 0 Å². The summed E-state index contributed by atoms with van der Waals surface area (Å²) in [4.78, 5) is 0. The molecule has 1 unspecified atom stereocenters. The van der Waals surface area contributed by atoms with Gasteiger partial charge in [0, 0.05) is 13.6 Å². The number of nitrogens with one attached hydrogen (secondary N) is 2. The lowest BCUT2D eigenvalue weighted by Gasteiger charge is -2.04. The third-order valence-corrected chi connectivity index (χ3v) is 2.15. The fourth-order valence-corrected chi connectivity index (χ4v) is 0.966. The molecular formula is C5H11N3O2S. The first-order valence-corrected chi connectivity index (χ1v) is 4.58. The van der Waals surface area contributed by atoms with Gasteiger partial charge in [0.25, 0.3) is 10.2 Å². The Hall–Kier alpha value is -0.640. The first-order chi connectivity index (χ1) is 5.02. The third kappa shape index (κ3) is 4.72. The van der Waals surface area contributed by atoms with Crippen LogP contribution in [0, 0.1) is 17.2 Å². The molecule has 2 N–H and O–H groups in total. The van der Waals surface area contributed by atoms with Gasteiger partial charge in [0.1, 0.15) is 0 Å². The quantitative estimate of drug-likeness (QED) is 0.589. The summed E-state index contributed by atoms with van der Waals surface area (Å²) in [7, 11) is -2.07. The van der Waals surface area contributed by atoms with E-state index in [1.54, 1.807) is 6.92 Å². The van der Waals surface area contributed by atoms with Crippen LogP contribution in [0.3, 0.4) is 0 Å². The van der Waals surface area contributed by atoms with Crippen LogP contribution >= 0.6 is 0 Å². The van der Waals surface area contributed by atoms with Crippen molar-refractivity contribution >= 4 is 10.2 Å². The minimum absolute atomic E-state index is 0.139. The molecule has 0 spiro atoms. The Kier molecular flexibility index (Phi) is 4.03. The van der Waals surface area contributed by atoms with Crippen molar-refractivity contribution < 1.29 is 8.42 Å². The summed E-state index contributed by atoms with van der Waals surface area (Å²) in [5, 5.41) is 8.30. The molecule has 0 fully saturated rings. The smallest absolute Gasteiger partial charge is 0.205 e. The van der Waals surface area contributed by atoms with Crippen LogP contribution in [0.25, 0.3) is 0 Å². The topological polar surface area (TPSA) is 82.0 Å². The molecule has 0 heterocycles. The zero-order chi connectivity index (χ0) is 8.91. The highest BCUT2D eigenvalue weighted by molar-refractivity contribution is 7.87. The van der Waals surface area contributed by atoms with Crippen LogP contribution in [0.2, 0.25) is 0 Å². The van der Waals surface area contributed by atoms with Gasteiger partial charge >= 0.3 is 0 Å². The Labute approximate surface area is 66.6 Å². The van der Waals surface area contributed by atoms with E-state index >= 15 is 0 Å². The van der Waals surface area contributed by atoms with Gasteiger partial charge in [-0.25, -0.2) is 9.44 Å². The summed E-state index contributed by atoms with van der Waals surface area (Å²) < 4.78 is 25.6. The van der Waals surface area contributed by atoms with E-state index in [0.29, 0.717) is 0 Å². The van der Waals surface area contributed by atoms with E-state index in [0.717, 1.165) is 0 Å². The summed E-state index contributed by atoms with van der Waals surface area (Å²) in [5.74, 6) is -0.307. The number of rotatable bonds is 4. The Balaban J connectivity index is 3.83. The SMILES string of the molecule is CNS(=O)(=O)NCC(C)C#N. The second-order valence-corrected chi connectivity index (χ2v) is 3.79. The maximum Gasteiger partial charge on any atom is 0.276 e. The van der Waals surface area contributed by atoms with E-state index < -0.39 is 10.2 Å². The minimum atomic E-state index is -3.38. The van der Waals surface area contributed by atoms with Crippen molar-refractivity contribution in [3.63, 3.8) is 0 Å². The average Bonchev–Trinajstić information content (AvgIpc) is 2.00. The van der Waals surface area contributed by atoms with Crippen LogP contribution in [0.1, 0.15) is 6.92 Å². The molecule has 11 heavy (non-hydrogen) atoms. The molecule has 0 aromatic heterocycles. The van der Waals surface area contributed by atoms with Gasteiger partial charge in [0.05, 0.1) is 12.0 Å². The highest BCUT2D eigenvalue weighted by Crippen LogP contribution is 1.88. The van der Waals surface area contributed by atoms with Crippen molar-refractivity contribution in [2.45, 2.75) is 6.92 Å². The molecule has 6 heteroatoms. The highest BCUT2D eigenvalue weighted by atomic mass is 32.2. The van der Waals surface area contributed by atoms with Crippen LogP contribution in [0.15, 0.2) is 0 Å². The van der Waals surface area contributed by atoms with Crippen molar-refractivity contribution in [1.29, 1.82) is 5.26 Å². The minimum Gasteiger partial charge on any atom is -0.205 e. The van der Waals surface area contributed by atoms with Gasteiger partial charge in [-0.05, 0) is 6.92 Å². The van der Waals surface area contributed by atoms with Crippen LogP contribution in [-0.2, 0) is 10.2 Å². The molecule has 0 aliphatic rings. The van der Waals surface area contributed by atoms with Gasteiger partial charge in [-0.1, -0.05) is 0 Å². The summed E-state index contributed by atoms with van der Waals surface area (Å²) in [6, 6.07) is 1.91. The van der Waals surface area contributed by atoms with Crippen molar-refractivity contribution in [2.75, 3.05) is 13.6 Å². The predicted molar refractivity (Wildman–Crippen MR) is 40.8 cm³/mol. The second kappa shape index (κ2) is 4.28. The predicted octanol–water partition coefficient (Wildman–Crippen LogP) is -0.800. The maximum absolute atomic E-state index is 10.7. The number of hydrogen-bond acceptors (Lipinski definition) is 3. The Bertz CT molecular complexity index is 241. The lowest BCUT2D eigenvalue weighted by atomic mass is 10.2. The van der Waals surface area contributed by atoms with Gasteiger partial charge in [-0.15, -0.1) is 0 Å². The van der Waals surface area contributed by atoms with Crippen LogP contribution in [0.5, 0.6) is 0 Å². The molecule has 0 rings (SSSR count). The molecule has 0 radical (unpaired) electrons. The van der Waals surface area contributed by atoms with Crippen LogP contribution in [0.4, 0.5) is 0 Å². The van der Waals surface area contributed by atoms with Gasteiger partial charge in [-0.3, -0.25) is 0 Å². The largest absolute Gasteiger partial charge is 0.276 e. The van der Waals surface area contributed by atoms with Crippen molar-refractivity contribution in [1.82, 2.24) is 9.44 Å². The molecule has 5 nitrogen and oxygen atoms in total. The summed E-state index contributed by atoms with van der Waals surface area (Å²) >= 11 is 0. The average molecular weight is 177 g/mol. The van der Waals surface area contributed by atoms with Crippen LogP contribution < -0.4 is 9.44 Å². The lowest BCUT2D eigenvalue weighted by Crippen LogP contribution is -2.36. The van der Waals surface area contributed by atoms with Crippen molar-refractivity contribution in [3.05, 3.63) is 0 Å². The Morgan fingerprint density at radius 3 is 2.55 bits per heavy atom. The molecule has 0 bridgehead atoms. The molecule has 0 aliphatic heterocycles. The molecule has 0 saturated carbocycles. The van der Waals surface area contributed by atoms with E-state index in [4.69, 9.17) is 5.26 Å². The first kappa shape index (κ1) is 10.4. The molecule has 64 valence electrons. The molecule has 1 atom stereocenters. The van der Waals surface area contributed by atoms with E-state index in [1.807, 2.05) is 6.07 Å². The number of nitriles is 1. The third-order valence-electron chi connectivity index (χ3n) is 1.07. The van der Waals surface area contributed by atoms with E-state index in [-0.39, 0.29) is 12.5 Å². The molecule has 0 aromatic carbocycles. The van der Waals surface area contributed by atoms with Gasteiger partial charge in [-0.2, -0.15) is 13.7 Å². The normalized spacial score (nSPS) is 13.9. The van der Waals surface area contributed by atoms with Crippen molar-refractivity contribution in [2.24, 2.45) is 5.92 Å². The van der Waals surface area contributed by atoms with Crippen molar-refractivity contribution in [3.8, 4) is 6.07 Å². The Morgan fingerprint density at radius 2 is 2.18 bits per heavy atom. The molecule has 0 aromatic rings. The summed E-state index contributed by atoms with van der Waals surface area (Å²) in [5.41, 5.74) is 0. The summed E-state index contributed by atoms with van der Waals surface area (Å²) in [6.45, 7) is 1.78. The lowest BCUT2D eigenvalue weighted by molar-refractivity contribution is 0.564. The van der Waals surface area contributed by atoms with E-state index in [9.17, 15) is 8.42 Å². The summed E-state index contributed by atoms with van der Waals surface area (Å²) in [6.07, 6.45) is 0. The molecular weight excluding hydrogens is 166 g/mol. The van der Waals surface area contributed by atoms with E-state index in [1.165, 1.54) is 7.05 Å². The fraction of sp³-hybridized carbons (Fsp3) is 0.800. The Morgan fingerprint density at radius 1 is 1.64 bits per heavy atom. The zero-order valence-electron chi connectivity index (χ0n) is 6.46. The first-order valence-electron chi connectivity index (χ1n) is 3.09. The molecule has 0 aliphatic carbocycles. The number of hydrogen-bond donors (Lipinski definition) is 2. The molecule has 0 amide bonds.